The Morgan fingerprint density at radius 1 is 1.50 bits per heavy atom. The number of hydrogen-bond acceptors (Lipinski definition) is 5. The van der Waals surface area contributed by atoms with E-state index in [4.69, 9.17) is 14.7 Å². The van der Waals surface area contributed by atoms with Crippen LogP contribution in [0.2, 0.25) is 0 Å². The van der Waals surface area contributed by atoms with Gasteiger partial charge in [0.1, 0.15) is 5.75 Å². The van der Waals surface area contributed by atoms with E-state index in [0.29, 0.717) is 31.1 Å². The maximum atomic E-state index is 9.43. The molecule has 1 aliphatic rings. The molecule has 1 saturated heterocycles. The van der Waals surface area contributed by atoms with Gasteiger partial charge in [-0.25, -0.2) is 0 Å². The molecule has 0 spiro atoms. The molecular formula is C15H20N2O3. The zero-order chi connectivity index (χ0) is 14.6. The van der Waals surface area contributed by atoms with Crippen LogP contribution in [0.1, 0.15) is 19.4 Å². The minimum Gasteiger partial charge on any atom is -0.489 e. The Kier molecular flexibility index (Phi) is 4.48. The Bertz CT molecular complexity index is 499. The lowest BCUT2D eigenvalue weighted by atomic mass is 9.87. The molecule has 0 atom stereocenters. The highest BCUT2D eigenvalue weighted by atomic mass is 16.5. The Labute approximate surface area is 119 Å². The summed E-state index contributed by atoms with van der Waals surface area (Å²) in [5, 5.41) is 21.7. The molecule has 5 nitrogen and oxygen atoms in total. The third-order valence-electron chi connectivity index (χ3n) is 3.28. The number of hydrogen-bond donors (Lipinski definition) is 2. The molecule has 2 N–H and O–H groups in total. The number of rotatable bonds is 6. The van der Waals surface area contributed by atoms with Crippen molar-refractivity contribution >= 4 is 5.69 Å². The number of benzene rings is 1. The lowest BCUT2D eigenvalue weighted by molar-refractivity contribution is -0.128. The van der Waals surface area contributed by atoms with Crippen LogP contribution in [0.15, 0.2) is 18.2 Å². The second-order valence-electron chi connectivity index (χ2n) is 5.49. The first-order chi connectivity index (χ1) is 9.58. The van der Waals surface area contributed by atoms with Gasteiger partial charge in [-0.2, -0.15) is 5.26 Å². The molecule has 0 aliphatic carbocycles. The first-order valence-corrected chi connectivity index (χ1v) is 6.72. The van der Waals surface area contributed by atoms with Gasteiger partial charge in [0.15, 0.2) is 0 Å². The molecule has 5 heteroatoms. The molecule has 0 radical (unpaired) electrons. The number of aliphatic hydroxyl groups is 1. The van der Waals surface area contributed by atoms with Crippen molar-refractivity contribution in [2.24, 2.45) is 5.41 Å². The Morgan fingerprint density at radius 2 is 2.25 bits per heavy atom. The quantitative estimate of drug-likeness (QED) is 0.828. The number of nitrogens with zero attached hydrogens (tertiary/aromatic N) is 1. The summed E-state index contributed by atoms with van der Waals surface area (Å²) in [6, 6.07) is 7.41. The van der Waals surface area contributed by atoms with E-state index in [1.165, 1.54) is 0 Å². The Hall–Kier alpha value is -1.77. The first-order valence-electron chi connectivity index (χ1n) is 6.72. The highest BCUT2D eigenvalue weighted by Gasteiger charge is 2.38. The second kappa shape index (κ2) is 6.12. The lowest BCUT2D eigenvalue weighted by Gasteiger charge is -2.40. The molecule has 1 aromatic rings. The SMILES string of the molecule is CC(C)Oc1ccc(C#N)cc1NCC1(CO)COC1. The fraction of sp³-hybridized carbons (Fsp3) is 0.533. The number of nitrogens with one attached hydrogen (secondary N) is 1. The minimum absolute atomic E-state index is 0.0577. The number of nitriles is 1. The predicted molar refractivity (Wildman–Crippen MR) is 75.7 cm³/mol. The second-order valence-corrected chi connectivity index (χ2v) is 5.49. The van der Waals surface area contributed by atoms with E-state index in [1.54, 1.807) is 18.2 Å². The molecule has 0 amide bonds. The van der Waals surface area contributed by atoms with Gasteiger partial charge in [0.2, 0.25) is 0 Å². The van der Waals surface area contributed by atoms with Gasteiger partial charge < -0.3 is 19.9 Å². The average Bonchev–Trinajstić information content (AvgIpc) is 2.39. The van der Waals surface area contributed by atoms with Crippen molar-refractivity contribution in [3.05, 3.63) is 23.8 Å². The monoisotopic (exact) mass is 276 g/mol. The van der Waals surface area contributed by atoms with Crippen LogP contribution in [0.5, 0.6) is 5.75 Å². The van der Waals surface area contributed by atoms with Crippen LogP contribution < -0.4 is 10.1 Å². The van der Waals surface area contributed by atoms with Crippen molar-refractivity contribution in [3.63, 3.8) is 0 Å². The van der Waals surface area contributed by atoms with Crippen LogP contribution in [-0.4, -0.2) is 37.6 Å². The van der Waals surface area contributed by atoms with E-state index >= 15 is 0 Å². The van der Waals surface area contributed by atoms with E-state index in [9.17, 15) is 5.11 Å². The summed E-state index contributed by atoms with van der Waals surface area (Å²) in [7, 11) is 0. The van der Waals surface area contributed by atoms with Crippen LogP contribution in [0.25, 0.3) is 0 Å². The Balaban J connectivity index is 2.13. The summed E-state index contributed by atoms with van der Waals surface area (Å²) in [6.45, 7) is 5.68. The third-order valence-corrected chi connectivity index (χ3v) is 3.28. The van der Waals surface area contributed by atoms with Gasteiger partial charge in [0, 0.05) is 6.54 Å². The van der Waals surface area contributed by atoms with Crippen molar-refractivity contribution in [3.8, 4) is 11.8 Å². The van der Waals surface area contributed by atoms with E-state index in [2.05, 4.69) is 11.4 Å². The van der Waals surface area contributed by atoms with Crippen molar-refractivity contribution in [2.45, 2.75) is 20.0 Å². The van der Waals surface area contributed by atoms with Crippen LogP contribution >= 0.6 is 0 Å². The summed E-state index contributed by atoms with van der Waals surface area (Å²) < 4.78 is 10.9. The first kappa shape index (κ1) is 14.6. The topological polar surface area (TPSA) is 74.5 Å². The van der Waals surface area contributed by atoms with Gasteiger partial charge in [0.05, 0.1) is 48.7 Å². The predicted octanol–water partition coefficient (Wildman–Crippen LogP) is 1.77. The van der Waals surface area contributed by atoms with Crippen LogP contribution in [0, 0.1) is 16.7 Å². The molecule has 1 aliphatic heterocycles. The van der Waals surface area contributed by atoms with E-state index < -0.39 is 0 Å². The van der Waals surface area contributed by atoms with Gasteiger partial charge in [-0.15, -0.1) is 0 Å². The average molecular weight is 276 g/mol. The fourth-order valence-corrected chi connectivity index (χ4v) is 2.02. The zero-order valence-corrected chi connectivity index (χ0v) is 11.8. The lowest BCUT2D eigenvalue weighted by Crippen LogP contribution is -2.50. The summed E-state index contributed by atoms with van der Waals surface area (Å²) >= 11 is 0. The van der Waals surface area contributed by atoms with Gasteiger partial charge in [0.25, 0.3) is 0 Å². The molecule has 1 aromatic carbocycles. The summed E-state index contributed by atoms with van der Waals surface area (Å²) in [5.74, 6) is 0.715. The number of anilines is 1. The van der Waals surface area contributed by atoms with Gasteiger partial charge in [-0.05, 0) is 32.0 Å². The summed E-state index contributed by atoms with van der Waals surface area (Å²) in [6.07, 6.45) is 0.0577. The van der Waals surface area contributed by atoms with Crippen molar-refractivity contribution < 1.29 is 14.6 Å². The van der Waals surface area contributed by atoms with E-state index in [-0.39, 0.29) is 18.1 Å². The number of aliphatic hydroxyl groups excluding tert-OH is 1. The molecule has 1 fully saturated rings. The van der Waals surface area contributed by atoms with Gasteiger partial charge in [-0.3, -0.25) is 0 Å². The minimum atomic E-state index is -0.224. The van der Waals surface area contributed by atoms with E-state index in [0.717, 1.165) is 5.69 Å². The molecule has 108 valence electrons. The van der Waals surface area contributed by atoms with Crippen LogP contribution in [0.4, 0.5) is 5.69 Å². The fourth-order valence-electron chi connectivity index (χ4n) is 2.02. The van der Waals surface area contributed by atoms with Gasteiger partial charge >= 0.3 is 0 Å². The zero-order valence-electron chi connectivity index (χ0n) is 11.8. The third kappa shape index (κ3) is 3.21. The molecule has 0 saturated carbocycles. The summed E-state index contributed by atoms with van der Waals surface area (Å²) in [5.41, 5.74) is 1.13. The summed E-state index contributed by atoms with van der Waals surface area (Å²) in [4.78, 5) is 0. The molecule has 2 rings (SSSR count). The van der Waals surface area contributed by atoms with Crippen molar-refractivity contribution in [1.29, 1.82) is 5.26 Å². The molecule has 0 unspecified atom stereocenters. The van der Waals surface area contributed by atoms with Crippen LogP contribution in [-0.2, 0) is 4.74 Å². The largest absolute Gasteiger partial charge is 0.489 e. The highest BCUT2D eigenvalue weighted by molar-refractivity contribution is 5.60. The molecule has 20 heavy (non-hydrogen) atoms. The highest BCUT2D eigenvalue weighted by Crippen LogP contribution is 2.31. The molecule has 0 bridgehead atoms. The van der Waals surface area contributed by atoms with Crippen LogP contribution in [0.3, 0.4) is 0 Å². The maximum Gasteiger partial charge on any atom is 0.142 e. The van der Waals surface area contributed by atoms with Gasteiger partial charge in [-0.1, -0.05) is 0 Å². The Morgan fingerprint density at radius 3 is 2.75 bits per heavy atom. The molecule has 1 heterocycles. The smallest absolute Gasteiger partial charge is 0.142 e. The molecule has 0 aromatic heterocycles. The standard InChI is InChI=1S/C15H20N2O3/c1-11(2)20-14-4-3-12(6-16)5-13(14)17-7-15(8-18)9-19-10-15/h3-5,11,17-18H,7-10H2,1-2H3. The van der Waals surface area contributed by atoms with Crippen molar-refractivity contribution in [2.75, 3.05) is 31.7 Å². The normalized spacial score (nSPS) is 16.4. The number of ether oxygens (including phenoxy) is 2. The molecular weight excluding hydrogens is 256 g/mol. The van der Waals surface area contributed by atoms with E-state index in [1.807, 2.05) is 13.8 Å². The maximum absolute atomic E-state index is 9.43. The van der Waals surface area contributed by atoms with Crippen molar-refractivity contribution in [1.82, 2.24) is 0 Å².